The average Bonchev–Trinajstić information content (AvgIpc) is 3.05. The predicted molar refractivity (Wildman–Crippen MR) is 82.8 cm³/mol. The van der Waals surface area contributed by atoms with Crippen molar-refractivity contribution in [3.8, 4) is 17.1 Å². The van der Waals surface area contributed by atoms with Crippen molar-refractivity contribution in [3.63, 3.8) is 0 Å². The maximum absolute atomic E-state index is 13.1. The molecule has 0 bridgehead atoms. The molecule has 0 amide bonds. The molecule has 1 aromatic carbocycles. The fourth-order valence-corrected chi connectivity index (χ4v) is 2.44. The number of halogens is 1. The van der Waals surface area contributed by atoms with Crippen molar-refractivity contribution in [1.82, 2.24) is 14.5 Å². The van der Waals surface area contributed by atoms with E-state index in [0.717, 1.165) is 5.39 Å². The molecule has 0 N–H and O–H groups in total. The number of hydrogen-bond acceptors (Lipinski definition) is 4. The van der Waals surface area contributed by atoms with Crippen molar-refractivity contribution in [1.29, 1.82) is 0 Å². The van der Waals surface area contributed by atoms with Gasteiger partial charge in [-0.15, -0.1) is 0 Å². The van der Waals surface area contributed by atoms with Crippen molar-refractivity contribution in [2.24, 2.45) is 0 Å². The molecular weight excluding hydrogens is 297 g/mol. The van der Waals surface area contributed by atoms with Crippen LogP contribution in [-0.2, 0) is 0 Å². The molecule has 4 rings (SSSR count). The van der Waals surface area contributed by atoms with Crippen molar-refractivity contribution in [2.45, 2.75) is 0 Å². The highest BCUT2D eigenvalue weighted by Crippen LogP contribution is 2.25. The third-order valence-corrected chi connectivity index (χ3v) is 3.55. The van der Waals surface area contributed by atoms with Crippen LogP contribution in [0.15, 0.2) is 70.5 Å². The summed E-state index contributed by atoms with van der Waals surface area (Å²) in [6, 6.07) is 11.2. The van der Waals surface area contributed by atoms with Gasteiger partial charge in [-0.05, 0) is 36.4 Å². The van der Waals surface area contributed by atoms with Gasteiger partial charge in [0.25, 0.3) is 5.56 Å². The smallest absolute Gasteiger partial charge is 0.282 e. The minimum Gasteiger partial charge on any atom is -0.441 e. The number of benzene rings is 1. The zero-order chi connectivity index (χ0) is 15.8. The Labute approximate surface area is 129 Å². The molecule has 0 radical (unpaired) electrons. The van der Waals surface area contributed by atoms with Gasteiger partial charge in [0.15, 0.2) is 18.0 Å². The summed E-state index contributed by atoms with van der Waals surface area (Å²) in [4.78, 5) is 20.9. The summed E-state index contributed by atoms with van der Waals surface area (Å²) in [6.45, 7) is 0. The molecular formula is C17H10FN3O2. The quantitative estimate of drug-likeness (QED) is 0.570. The van der Waals surface area contributed by atoms with Gasteiger partial charge in [0.1, 0.15) is 11.3 Å². The summed E-state index contributed by atoms with van der Waals surface area (Å²) in [5.41, 5.74) is 0.690. The van der Waals surface area contributed by atoms with E-state index in [4.69, 9.17) is 4.42 Å². The van der Waals surface area contributed by atoms with Gasteiger partial charge >= 0.3 is 0 Å². The molecule has 0 spiro atoms. The van der Waals surface area contributed by atoms with Crippen molar-refractivity contribution in [2.75, 3.05) is 0 Å². The summed E-state index contributed by atoms with van der Waals surface area (Å²) >= 11 is 0. The Kier molecular flexibility index (Phi) is 3.01. The van der Waals surface area contributed by atoms with Crippen LogP contribution >= 0.6 is 0 Å². The van der Waals surface area contributed by atoms with Gasteiger partial charge in [0.2, 0.25) is 0 Å². The third kappa shape index (κ3) is 2.20. The standard InChI is InChI=1S/C17H10FN3O2/c18-13-5-3-12(4-6-13)15-16(20-10-23-15)21-9-7-11-2-1-8-19-14(11)17(21)22/h1-10H. The van der Waals surface area contributed by atoms with Crippen molar-refractivity contribution >= 4 is 10.9 Å². The fourth-order valence-electron chi connectivity index (χ4n) is 2.44. The first-order valence-electron chi connectivity index (χ1n) is 6.90. The molecule has 0 aliphatic heterocycles. The largest absolute Gasteiger partial charge is 0.441 e. The van der Waals surface area contributed by atoms with Gasteiger partial charge in [-0.3, -0.25) is 14.3 Å². The maximum Gasteiger partial charge on any atom is 0.282 e. The predicted octanol–water partition coefficient (Wildman–Crippen LogP) is 3.18. The van der Waals surface area contributed by atoms with Crippen LogP contribution in [0.1, 0.15) is 0 Å². The van der Waals surface area contributed by atoms with Gasteiger partial charge < -0.3 is 4.42 Å². The van der Waals surface area contributed by atoms with Crippen LogP contribution < -0.4 is 5.56 Å². The summed E-state index contributed by atoms with van der Waals surface area (Å²) < 4.78 is 19.9. The number of oxazole rings is 1. The molecule has 0 unspecified atom stereocenters. The highest BCUT2D eigenvalue weighted by atomic mass is 19.1. The van der Waals surface area contributed by atoms with Crippen LogP contribution in [0, 0.1) is 5.82 Å². The lowest BCUT2D eigenvalue weighted by Gasteiger charge is -2.06. The molecule has 23 heavy (non-hydrogen) atoms. The first kappa shape index (κ1) is 13.4. The topological polar surface area (TPSA) is 60.9 Å². The number of rotatable bonds is 2. The molecule has 0 saturated heterocycles. The van der Waals surface area contributed by atoms with E-state index in [-0.39, 0.29) is 11.4 Å². The SMILES string of the molecule is O=c1c2ncccc2ccn1-c1ncoc1-c1ccc(F)cc1. The highest BCUT2D eigenvalue weighted by molar-refractivity contribution is 5.77. The monoisotopic (exact) mass is 307 g/mol. The molecule has 112 valence electrons. The molecule has 5 nitrogen and oxygen atoms in total. The van der Waals surface area contributed by atoms with Gasteiger partial charge in [-0.25, -0.2) is 4.39 Å². The Bertz CT molecular complexity index is 1050. The molecule has 4 aromatic rings. The lowest BCUT2D eigenvalue weighted by atomic mass is 10.1. The first-order chi connectivity index (χ1) is 11.2. The zero-order valence-corrected chi connectivity index (χ0v) is 11.8. The normalized spacial score (nSPS) is 11.0. The maximum atomic E-state index is 13.1. The number of aromatic nitrogens is 3. The van der Waals surface area contributed by atoms with E-state index in [1.165, 1.54) is 23.1 Å². The first-order valence-corrected chi connectivity index (χ1v) is 6.90. The summed E-state index contributed by atoms with van der Waals surface area (Å²) in [5.74, 6) is 0.387. The number of hydrogen-bond donors (Lipinski definition) is 0. The summed E-state index contributed by atoms with van der Waals surface area (Å²) in [7, 11) is 0. The second-order valence-corrected chi connectivity index (χ2v) is 4.94. The Morgan fingerprint density at radius 3 is 2.70 bits per heavy atom. The lowest BCUT2D eigenvalue weighted by molar-refractivity contribution is 0.571. The summed E-state index contributed by atoms with van der Waals surface area (Å²) in [5, 5.41) is 0.751. The third-order valence-electron chi connectivity index (χ3n) is 3.55. The molecule has 3 heterocycles. The average molecular weight is 307 g/mol. The van der Waals surface area contributed by atoms with Gasteiger partial charge in [-0.1, -0.05) is 6.07 Å². The molecule has 0 aliphatic rings. The van der Waals surface area contributed by atoms with E-state index in [1.54, 1.807) is 36.7 Å². The van der Waals surface area contributed by atoms with Crippen molar-refractivity contribution < 1.29 is 8.81 Å². The van der Waals surface area contributed by atoms with Crippen molar-refractivity contribution in [3.05, 3.63) is 77.4 Å². The Morgan fingerprint density at radius 1 is 1.04 bits per heavy atom. The second kappa shape index (κ2) is 5.17. The molecule has 0 fully saturated rings. The minimum atomic E-state index is -0.345. The number of fused-ring (bicyclic) bond motifs is 1. The van der Waals surface area contributed by atoms with Gasteiger partial charge in [0, 0.05) is 23.3 Å². The van der Waals surface area contributed by atoms with Crippen LogP contribution in [0.2, 0.25) is 0 Å². The van der Waals surface area contributed by atoms with E-state index in [2.05, 4.69) is 9.97 Å². The van der Waals surface area contributed by atoms with E-state index < -0.39 is 0 Å². The van der Waals surface area contributed by atoms with Gasteiger partial charge in [0.05, 0.1) is 0 Å². The summed E-state index contributed by atoms with van der Waals surface area (Å²) in [6.07, 6.45) is 4.44. The van der Waals surface area contributed by atoms with Crippen LogP contribution in [0.3, 0.4) is 0 Å². The molecule has 6 heteroatoms. The van der Waals surface area contributed by atoms with E-state index in [9.17, 15) is 9.18 Å². The Hall–Kier alpha value is -3.28. The lowest BCUT2D eigenvalue weighted by Crippen LogP contribution is -2.19. The van der Waals surface area contributed by atoms with E-state index >= 15 is 0 Å². The van der Waals surface area contributed by atoms with E-state index in [1.807, 2.05) is 6.07 Å². The number of nitrogens with zero attached hydrogens (tertiary/aromatic N) is 3. The second-order valence-electron chi connectivity index (χ2n) is 4.94. The Morgan fingerprint density at radius 2 is 1.87 bits per heavy atom. The van der Waals surface area contributed by atoms with Crippen LogP contribution in [-0.4, -0.2) is 14.5 Å². The molecule has 0 saturated carbocycles. The van der Waals surface area contributed by atoms with Crippen LogP contribution in [0.4, 0.5) is 4.39 Å². The minimum absolute atomic E-state index is 0.291. The van der Waals surface area contributed by atoms with Crippen LogP contribution in [0.5, 0.6) is 0 Å². The molecule has 0 aliphatic carbocycles. The molecule has 3 aromatic heterocycles. The Balaban J connectivity index is 1.93. The zero-order valence-electron chi connectivity index (χ0n) is 11.8. The van der Waals surface area contributed by atoms with Crippen LogP contribution in [0.25, 0.3) is 28.0 Å². The van der Waals surface area contributed by atoms with E-state index in [0.29, 0.717) is 22.7 Å². The fraction of sp³-hybridized carbons (Fsp3) is 0. The van der Waals surface area contributed by atoms with Gasteiger partial charge in [-0.2, -0.15) is 4.98 Å². The number of pyridine rings is 2. The molecule has 0 atom stereocenters. The highest BCUT2D eigenvalue weighted by Gasteiger charge is 2.15.